The fourth-order valence-electron chi connectivity index (χ4n) is 3.67. The van der Waals surface area contributed by atoms with Gasteiger partial charge < -0.3 is 15.0 Å². The number of fused-ring (bicyclic) bond motifs is 1. The highest BCUT2D eigenvalue weighted by molar-refractivity contribution is 7.80. The van der Waals surface area contributed by atoms with E-state index in [-0.39, 0.29) is 24.8 Å². The summed E-state index contributed by atoms with van der Waals surface area (Å²) < 4.78 is 5.42. The van der Waals surface area contributed by atoms with Gasteiger partial charge >= 0.3 is 0 Å². The van der Waals surface area contributed by atoms with Gasteiger partial charge in [-0.15, -0.1) is 24.8 Å². The molecule has 3 aromatic rings. The third kappa shape index (κ3) is 7.29. The standard InChI is InChI=1S/C24H28N4OS.2ClH/c30-24(25-11-6-12-27-13-15-29-16-14-27)28(19-20-7-2-1-3-8-20)22-17-21-9-4-5-10-23(21)26-18-22;;/h1-5,7-10,17-18H,6,11-16,19H2,(H,25,30);2*1H. The number of hydrogen-bond acceptors (Lipinski definition) is 4. The number of aromatic nitrogens is 1. The van der Waals surface area contributed by atoms with Crippen LogP contribution in [0.15, 0.2) is 66.9 Å². The van der Waals surface area contributed by atoms with Crippen LogP contribution in [-0.4, -0.2) is 54.4 Å². The Morgan fingerprint density at radius 1 is 1.03 bits per heavy atom. The average Bonchev–Trinajstić information content (AvgIpc) is 2.81. The van der Waals surface area contributed by atoms with E-state index in [1.165, 1.54) is 5.56 Å². The number of nitrogens with one attached hydrogen (secondary N) is 1. The Balaban J connectivity index is 0.00000181. The van der Waals surface area contributed by atoms with Crippen molar-refractivity contribution in [1.82, 2.24) is 15.2 Å². The first kappa shape index (κ1) is 26.3. The minimum Gasteiger partial charge on any atom is -0.379 e. The first-order valence-electron chi connectivity index (χ1n) is 10.5. The molecule has 0 spiro atoms. The van der Waals surface area contributed by atoms with Crippen LogP contribution in [0.5, 0.6) is 0 Å². The number of pyridine rings is 1. The summed E-state index contributed by atoms with van der Waals surface area (Å²) in [5.41, 5.74) is 3.21. The smallest absolute Gasteiger partial charge is 0.173 e. The van der Waals surface area contributed by atoms with Crippen LogP contribution in [-0.2, 0) is 11.3 Å². The summed E-state index contributed by atoms with van der Waals surface area (Å²) in [7, 11) is 0. The normalized spacial score (nSPS) is 13.6. The lowest BCUT2D eigenvalue weighted by Crippen LogP contribution is -2.41. The van der Waals surface area contributed by atoms with Crippen molar-refractivity contribution in [3.05, 3.63) is 72.4 Å². The molecule has 1 aliphatic heterocycles. The molecule has 2 heterocycles. The minimum atomic E-state index is 0. The second-order valence-electron chi connectivity index (χ2n) is 7.50. The molecule has 0 radical (unpaired) electrons. The van der Waals surface area contributed by atoms with E-state index < -0.39 is 0 Å². The molecule has 0 bridgehead atoms. The Morgan fingerprint density at radius 2 is 1.75 bits per heavy atom. The van der Waals surface area contributed by atoms with Crippen LogP contribution in [0, 0.1) is 0 Å². The third-order valence-electron chi connectivity index (χ3n) is 5.35. The van der Waals surface area contributed by atoms with Crippen molar-refractivity contribution in [3.8, 4) is 0 Å². The number of ether oxygens (including phenoxy) is 1. The van der Waals surface area contributed by atoms with E-state index >= 15 is 0 Å². The maximum atomic E-state index is 5.80. The first-order chi connectivity index (χ1) is 14.8. The van der Waals surface area contributed by atoms with Gasteiger partial charge in [-0.05, 0) is 42.9 Å². The number of nitrogens with zero attached hydrogens (tertiary/aromatic N) is 3. The Bertz CT molecular complexity index is 970. The van der Waals surface area contributed by atoms with E-state index in [0.717, 1.165) is 67.5 Å². The van der Waals surface area contributed by atoms with Crippen LogP contribution in [0.1, 0.15) is 12.0 Å². The molecule has 5 nitrogen and oxygen atoms in total. The molecule has 2 aromatic carbocycles. The van der Waals surface area contributed by atoms with Gasteiger partial charge in [0, 0.05) is 25.0 Å². The molecule has 172 valence electrons. The lowest BCUT2D eigenvalue weighted by atomic mass is 10.2. The Kier molecular flexibility index (Phi) is 11.1. The van der Waals surface area contributed by atoms with Gasteiger partial charge in [0.05, 0.1) is 37.2 Å². The molecular formula is C24H30Cl2N4OS. The summed E-state index contributed by atoms with van der Waals surface area (Å²) in [6, 6.07) is 20.7. The Morgan fingerprint density at radius 3 is 2.53 bits per heavy atom. The minimum absolute atomic E-state index is 0. The highest BCUT2D eigenvalue weighted by Gasteiger charge is 2.15. The Hall–Kier alpha value is -1.96. The lowest BCUT2D eigenvalue weighted by molar-refractivity contribution is 0.0376. The first-order valence-corrected chi connectivity index (χ1v) is 10.9. The largest absolute Gasteiger partial charge is 0.379 e. The van der Waals surface area contributed by atoms with Crippen LogP contribution in [0.25, 0.3) is 10.9 Å². The van der Waals surface area contributed by atoms with E-state index in [2.05, 4.69) is 56.5 Å². The topological polar surface area (TPSA) is 40.6 Å². The molecule has 1 fully saturated rings. The van der Waals surface area contributed by atoms with Crippen molar-refractivity contribution in [1.29, 1.82) is 0 Å². The van der Waals surface area contributed by atoms with Crippen LogP contribution in [0.2, 0.25) is 0 Å². The lowest BCUT2D eigenvalue weighted by Gasteiger charge is -2.28. The monoisotopic (exact) mass is 492 g/mol. The maximum absolute atomic E-state index is 5.80. The number of halogens is 2. The van der Waals surface area contributed by atoms with Crippen molar-refractivity contribution >= 4 is 58.7 Å². The van der Waals surface area contributed by atoms with E-state index in [9.17, 15) is 0 Å². The van der Waals surface area contributed by atoms with Crippen LogP contribution >= 0.6 is 37.0 Å². The SMILES string of the molecule is Cl.Cl.S=C(NCCCN1CCOCC1)N(Cc1ccccc1)c1cnc2ccccc2c1. The fourth-order valence-corrected chi connectivity index (χ4v) is 3.94. The van der Waals surface area contributed by atoms with Gasteiger partial charge in [-0.3, -0.25) is 9.88 Å². The van der Waals surface area contributed by atoms with E-state index in [4.69, 9.17) is 17.0 Å². The quantitative estimate of drug-likeness (QED) is 0.381. The second kappa shape index (κ2) is 13.6. The predicted molar refractivity (Wildman–Crippen MR) is 141 cm³/mol. The van der Waals surface area contributed by atoms with Gasteiger partial charge in [0.25, 0.3) is 0 Å². The van der Waals surface area contributed by atoms with Gasteiger partial charge in [-0.25, -0.2) is 0 Å². The summed E-state index contributed by atoms with van der Waals surface area (Å²) in [4.78, 5) is 9.22. The number of anilines is 1. The number of rotatable bonds is 7. The molecule has 0 saturated carbocycles. The molecule has 0 amide bonds. The van der Waals surface area contributed by atoms with Crippen molar-refractivity contribution in [3.63, 3.8) is 0 Å². The third-order valence-corrected chi connectivity index (χ3v) is 5.71. The summed E-state index contributed by atoms with van der Waals surface area (Å²) >= 11 is 5.80. The van der Waals surface area contributed by atoms with Crippen molar-refractivity contribution in [2.75, 3.05) is 44.3 Å². The van der Waals surface area contributed by atoms with E-state index in [1.54, 1.807) is 0 Å². The zero-order valence-corrected chi connectivity index (χ0v) is 20.4. The summed E-state index contributed by atoms with van der Waals surface area (Å²) in [6.07, 6.45) is 2.96. The fraction of sp³-hybridized carbons (Fsp3) is 0.333. The molecule has 1 aliphatic rings. The van der Waals surface area contributed by atoms with Gasteiger partial charge in [0.15, 0.2) is 5.11 Å². The van der Waals surface area contributed by atoms with Crippen molar-refractivity contribution in [2.45, 2.75) is 13.0 Å². The van der Waals surface area contributed by atoms with Crippen LogP contribution < -0.4 is 10.2 Å². The summed E-state index contributed by atoms with van der Waals surface area (Å²) in [5.74, 6) is 0. The zero-order chi connectivity index (χ0) is 20.6. The van der Waals surface area contributed by atoms with Crippen LogP contribution in [0.3, 0.4) is 0 Å². The zero-order valence-electron chi connectivity index (χ0n) is 18.0. The highest BCUT2D eigenvalue weighted by Crippen LogP contribution is 2.22. The van der Waals surface area contributed by atoms with Crippen molar-refractivity contribution in [2.24, 2.45) is 0 Å². The summed E-state index contributed by atoms with van der Waals surface area (Å²) in [6.45, 7) is 6.34. The van der Waals surface area contributed by atoms with Crippen LogP contribution in [0.4, 0.5) is 5.69 Å². The maximum Gasteiger partial charge on any atom is 0.173 e. The summed E-state index contributed by atoms with van der Waals surface area (Å²) in [5, 5.41) is 5.31. The van der Waals surface area contributed by atoms with Gasteiger partial charge in [0.1, 0.15) is 0 Å². The molecule has 0 aliphatic carbocycles. The average molecular weight is 494 g/mol. The van der Waals surface area contributed by atoms with Crippen molar-refractivity contribution < 1.29 is 4.74 Å². The molecule has 1 N–H and O–H groups in total. The number of benzene rings is 2. The van der Waals surface area contributed by atoms with Gasteiger partial charge in [-0.2, -0.15) is 0 Å². The molecule has 8 heteroatoms. The molecule has 1 saturated heterocycles. The van der Waals surface area contributed by atoms with E-state index in [0.29, 0.717) is 6.54 Å². The molecule has 1 aromatic heterocycles. The molecule has 0 unspecified atom stereocenters. The van der Waals surface area contributed by atoms with Gasteiger partial charge in [0.2, 0.25) is 0 Å². The molecule has 32 heavy (non-hydrogen) atoms. The Labute approximate surface area is 208 Å². The number of thiocarbonyl (C=S) groups is 1. The van der Waals surface area contributed by atoms with Gasteiger partial charge in [-0.1, -0.05) is 48.5 Å². The highest BCUT2D eigenvalue weighted by atomic mass is 35.5. The predicted octanol–water partition coefficient (Wildman–Crippen LogP) is 4.68. The molecule has 4 rings (SSSR count). The molecule has 0 atom stereocenters. The number of hydrogen-bond donors (Lipinski definition) is 1. The number of morpholine rings is 1. The molecular weight excluding hydrogens is 463 g/mol. The van der Waals surface area contributed by atoms with E-state index in [1.807, 2.05) is 30.5 Å². The second-order valence-corrected chi connectivity index (χ2v) is 7.88. The number of para-hydroxylation sites is 1.